The molecule has 0 heterocycles. The van der Waals surface area contributed by atoms with Crippen LogP contribution in [0.5, 0.6) is 5.75 Å². The van der Waals surface area contributed by atoms with Crippen LogP contribution >= 0.6 is 24.0 Å². The molecular formula is C15H26IN3O. The van der Waals surface area contributed by atoms with Gasteiger partial charge in [-0.2, -0.15) is 0 Å². The Labute approximate surface area is 139 Å². The van der Waals surface area contributed by atoms with Gasteiger partial charge in [-0.15, -0.1) is 24.0 Å². The Bertz CT molecular complexity index is 443. The van der Waals surface area contributed by atoms with Crippen molar-refractivity contribution >= 4 is 29.9 Å². The van der Waals surface area contributed by atoms with Gasteiger partial charge in [-0.25, -0.2) is 4.99 Å². The van der Waals surface area contributed by atoms with Crippen LogP contribution in [0.25, 0.3) is 0 Å². The van der Waals surface area contributed by atoms with Gasteiger partial charge in [-0.1, -0.05) is 26.0 Å². The Morgan fingerprint density at radius 1 is 1.25 bits per heavy atom. The highest BCUT2D eigenvalue weighted by molar-refractivity contribution is 14.0. The number of aliphatic imine (C=N–C) groups is 1. The summed E-state index contributed by atoms with van der Waals surface area (Å²) in [7, 11) is 0. The molecule has 0 amide bonds. The quantitative estimate of drug-likeness (QED) is 0.444. The number of hydrogen-bond acceptors (Lipinski definition) is 2. The number of nitrogens with zero attached hydrogens (tertiary/aromatic N) is 1. The molecule has 1 aromatic carbocycles. The van der Waals surface area contributed by atoms with Gasteiger partial charge in [0.2, 0.25) is 0 Å². The average molecular weight is 391 g/mol. The number of hydrogen-bond donors (Lipinski definition) is 2. The summed E-state index contributed by atoms with van der Waals surface area (Å²) in [6.07, 6.45) is 1.20. The molecule has 0 bridgehead atoms. The molecule has 5 heteroatoms. The van der Waals surface area contributed by atoms with Gasteiger partial charge < -0.3 is 16.2 Å². The molecule has 0 saturated carbocycles. The minimum Gasteiger partial charge on any atom is -0.490 e. The Kier molecular flexibility index (Phi) is 8.60. The summed E-state index contributed by atoms with van der Waals surface area (Å²) < 4.78 is 6.02. The fourth-order valence-electron chi connectivity index (χ4n) is 2.01. The van der Waals surface area contributed by atoms with Crippen molar-refractivity contribution in [1.29, 1.82) is 0 Å². The van der Waals surface area contributed by atoms with E-state index in [1.165, 1.54) is 5.56 Å². The van der Waals surface area contributed by atoms with Gasteiger partial charge in [0.1, 0.15) is 5.75 Å². The van der Waals surface area contributed by atoms with Gasteiger partial charge in [-0.3, -0.25) is 0 Å². The zero-order chi connectivity index (χ0) is 14.4. The van der Waals surface area contributed by atoms with Crippen molar-refractivity contribution in [2.75, 3.05) is 0 Å². The van der Waals surface area contributed by atoms with E-state index in [9.17, 15) is 0 Å². The third-order valence-electron chi connectivity index (χ3n) is 2.79. The van der Waals surface area contributed by atoms with Crippen molar-refractivity contribution in [2.24, 2.45) is 22.4 Å². The lowest BCUT2D eigenvalue weighted by atomic mass is 10.1. The minimum absolute atomic E-state index is 0. The van der Waals surface area contributed by atoms with E-state index in [0.717, 1.165) is 17.7 Å². The summed E-state index contributed by atoms with van der Waals surface area (Å²) in [5, 5.41) is 0. The molecule has 4 nitrogen and oxygen atoms in total. The lowest BCUT2D eigenvalue weighted by molar-refractivity contribution is 0.191. The van der Waals surface area contributed by atoms with E-state index >= 15 is 0 Å². The van der Waals surface area contributed by atoms with Gasteiger partial charge in [0.15, 0.2) is 5.96 Å². The normalized spacial score (nSPS) is 11.7. The van der Waals surface area contributed by atoms with Gasteiger partial charge in [0.05, 0.1) is 12.6 Å². The topological polar surface area (TPSA) is 73.6 Å². The fourth-order valence-corrected chi connectivity index (χ4v) is 2.01. The number of halogens is 1. The fraction of sp³-hybridized carbons (Fsp3) is 0.533. The number of guanidine groups is 1. The largest absolute Gasteiger partial charge is 0.490 e. The zero-order valence-electron chi connectivity index (χ0n) is 12.7. The summed E-state index contributed by atoms with van der Waals surface area (Å²) in [6, 6.07) is 6.09. The smallest absolute Gasteiger partial charge is 0.186 e. The van der Waals surface area contributed by atoms with E-state index in [-0.39, 0.29) is 36.0 Å². The first-order chi connectivity index (χ1) is 8.88. The molecule has 0 saturated heterocycles. The maximum Gasteiger partial charge on any atom is 0.186 e. The van der Waals surface area contributed by atoms with E-state index in [4.69, 9.17) is 16.2 Å². The predicted molar refractivity (Wildman–Crippen MR) is 95.7 cm³/mol. The molecule has 0 radical (unpaired) electrons. The highest BCUT2D eigenvalue weighted by atomic mass is 127. The van der Waals surface area contributed by atoms with Crippen LogP contribution in [0.15, 0.2) is 23.2 Å². The molecule has 1 atom stereocenters. The first kappa shape index (κ1) is 19.0. The number of nitrogens with two attached hydrogens (primary N) is 2. The molecule has 1 aromatic rings. The molecular weight excluding hydrogens is 365 g/mol. The third kappa shape index (κ3) is 6.98. The highest BCUT2D eigenvalue weighted by Gasteiger charge is 2.10. The Hall–Kier alpha value is -0.980. The van der Waals surface area contributed by atoms with Crippen LogP contribution in [0.2, 0.25) is 0 Å². The number of ether oxygens (including phenoxy) is 1. The van der Waals surface area contributed by atoms with Crippen LogP contribution in [0.3, 0.4) is 0 Å². The summed E-state index contributed by atoms with van der Waals surface area (Å²) in [4.78, 5) is 4.05. The monoisotopic (exact) mass is 391 g/mol. The van der Waals surface area contributed by atoms with Crippen molar-refractivity contribution < 1.29 is 4.74 Å². The Morgan fingerprint density at radius 3 is 2.45 bits per heavy atom. The summed E-state index contributed by atoms with van der Waals surface area (Å²) >= 11 is 0. The van der Waals surface area contributed by atoms with Crippen molar-refractivity contribution in [3.8, 4) is 5.75 Å². The van der Waals surface area contributed by atoms with Crippen molar-refractivity contribution in [3.05, 3.63) is 29.3 Å². The highest BCUT2D eigenvalue weighted by Crippen LogP contribution is 2.24. The summed E-state index contributed by atoms with van der Waals surface area (Å²) in [6.45, 7) is 8.97. The molecule has 1 rings (SSSR count). The first-order valence-electron chi connectivity index (χ1n) is 6.70. The minimum atomic E-state index is 0. The zero-order valence-corrected chi connectivity index (χ0v) is 15.0. The lowest BCUT2D eigenvalue weighted by Gasteiger charge is -2.19. The second kappa shape index (κ2) is 9.05. The molecule has 0 aliphatic rings. The van der Waals surface area contributed by atoms with Crippen LogP contribution in [0.1, 0.15) is 38.3 Å². The van der Waals surface area contributed by atoms with Crippen molar-refractivity contribution in [1.82, 2.24) is 0 Å². The molecule has 4 N–H and O–H groups in total. The number of aryl methyl sites for hydroxylation is 1. The summed E-state index contributed by atoms with van der Waals surface area (Å²) in [5.41, 5.74) is 12.9. The van der Waals surface area contributed by atoms with E-state index in [2.05, 4.69) is 25.8 Å². The van der Waals surface area contributed by atoms with Crippen LogP contribution in [0, 0.1) is 12.8 Å². The van der Waals surface area contributed by atoms with E-state index in [1.54, 1.807) is 0 Å². The molecule has 0 fully saturated rings. The molecule has 114 valence electrons. The molecule has 0 aliphatic carbocycles. The van der Waals surface area contributed by atoms with E-state index in [0.29, 0.717) is 12.5 Å². The average Bonchev–Trinajstić information content (AvgIpc) is 2.26. The van der Waals surface area contributed by atoms with Gasteiger partial charge >= 0.3 is 0 Å². The van der Waals surface area contributed by atoms with E-state index < -0.39 is 0 Å². The second-order valence-corrected chi connectivity index (χ2v) is 5.41. The van der Waals surface area contributed by atoms with Gasteiger partial charge in [0, 0.05) is 5.56 Å². The Balaban J connectivity index is 0.00000361. The maximum atomic E-state index is 6.02. The van der Waals surface area contributed by atoms with Crippen molar-refractivity contribution in [2.45, 2.75) is 46.8 Å². The van der Waals surface area contributed by atoms with Crippen LogP contribution in [-0.4, -0.2) is 12.1 Å². The maximum absolute atomic E-state index is 6.02. The van der Waals surface area contributed by atoms with Gasteiger partial charge in [-0.05, 0) is 37.8 Å². The summed E-state index contributed by atoms with van der Waals surface area (Å²) in [5.74, 6) is 1.58. The SMILES string of the molecule is Cc1ccc(CN=C(N)N)c(OC(C)CC(C)C)c1.I. The van der Waals surface area contributed by atoms with E-state index in [1.807, 2.05) is 25.1 Å². The molecule has 0 aliphatic heterocycles. The predicted octanol–water partition coefficient (Wildman–Crippen LogP) is 3.20. The molecule has 0 aromatic heterocycles. The van der Waals surface area contributed by atoms with Crippen molar-refractivity contribution in [3.63, 3.8) is 0 Å². The first-order valence-corrected chi connectivity index (χ1v) is 6.70. The third-order valence-corrected chi connectivity index (χ3v) is 2.79. The number of rotatable bonds is 6. The Morgan fingerprint density at radius 2 is 1.90 bits per heavy atom. The lowest BCUT2D eigenvalue weighted by Crippen LogP contribution is -2.22. The standard InChI is InChI=1S/C15H25N3O.HI/c1-10(2)7-12(4)19-14-8-11(3)5-6-13(14)9-18-15(16)17;/h5-6,8,10,12H,7,9H2,1-4H3,(H4,16,17,18);1H. The molecule has 1 unspecified atom stereocenters. The van der Waals surface area contributed by atoms with Gasteiger partial charge in [0.25, 0.3) is 0 Å². The van der Waals surface area contributed by atoms with Crippen LogP contribution in [0.4, 0.5) is 0 Å². The molecule has 20 heavy (non-hydrogen) atoms. The molecule has 0 spiro atoms. The second-order valence-electron chi connectivity index (χ2n) is 5.41. The number of benzene rings is 1. The van der Waals surface area contributed by atoms with Crippen LogP contribution < -0.4 is 16.2 Å². The van der Waals surface area contributed by atoms with Crippen LogP contribution in [-0.2, 0) is 6.54 Å².